The van der Waals surface area contributed by atoms with Crippen LogP contribution in [0.3, 0.4) is 0 Å². The minimum absolute atomic E-state index is 0.0860. The fraction of sp³-hybridized carbons (Fsp3) is 0.375. The van der Waals surface area contributed by atoms with Crippen LogP contribution in [0.25, 0.3) is 22.0 Å². The van der Waals surface area contributed by atoms with Crippen LogP contribution in [0, 0.1) is 12.8 Å². The molecule has 1 atom stereocenters. The second-order valence-corrected chi connectivity index (χ2v) is 10.8. The van der Waals surface area contributed by atoms with Gasteiger partial charge in [-0.3, -0.25) is 4.79 Å². The Kier molecular flexibility index (Phi) is 7.86. The summed E-state index contributed by atoms with van der Waals surface area (Å²) in [6.45, 7) is 3.98. The predicted octanol–water partition coefficient (Wildman–Crippen LogP) is 6.48. The number of nitrogens with zero attached hydrogens (tertiary/aromatic N) is 3. The van der Waals surface area contributed by atoms with Gasteiger partial charge in [-0.15, -0.1) is 0 Å². The molecule has 3 heterocycles. The molecule has 1 amide bonds. The summed E-state index contributed by atoms with van der Waals surface area (Å²) < 4.78 is 6.56. The average molecular weight is 537 g/mol. The number of anilines is 2. The van der Waals surface area contributed by atoms with Gasteiger partial charge in [0.05, 0.1) is 11.3 Å². The maximum atomic E-state index is 13.0. The van der Waals surface area contributed by atoms with Crippen molar-refractivity contribution in [3.63, 3.8) is 0 Å². The van der Waals surface area contributed by atoms with E-state index in [0.29, 0.717) is 23.6 Å². The van der Waals surface area contributed by atoms with E-state index < -0.39 is 0 Å². The van der Waals surface area contributed by atoms with Crippen LogP contribution in [0.5, 0.6) is 11.6 Å². The summed E-state index contributed by atoms with van der Waals surface area (Å²) in [7, 11) is 0. The average Bonchev–Trinajstić information content (AvgIpc) is 3.00. The molecule has 2 aliphatic rings. The maximum Gasteiger partial charge on any atom is 0.228 e. The molecule has 4 aromatic rings. The molecule has 40 heavy (non-hydrogen) atoms. The van der Waals surface area contributed by atoms with Crippen molar-refractivity contribution in [2.45, 2.75) is 57.9 Å². The highest BCUT2D eigenvalue weighted by Crippen LogP contribution is 2.39. The van der Waals surface area contributed by atoms with Crippen LogP contribution in [0.2, 0.25) is 0 Å². The Balaban J connectivity index is 1.29. The molecule has 8 heteroatoms. The van der Waals surface area contributed by atoms with Crippen molar-refractivity contribution in [3.05, 3.63) is 66.5 Å². The molecule has 1 saturated carbocycles. The van der Waals surface area contributed by atoms with E-state index in [1.165, 1.54) is 6.42 Å². The second kappa shape index (κ2) is 12.0. The first-order chi connectivity index (χ1) is 19.7. The van der Waals surface area contributed by atoms with E-state index in [2.05, 4.69) is 32.0 Å². The van der Waals surface area contributed by atoms with Gasteiger partial charge in [0, 0.05) is 47.4 Å². The van der Waals surface area contributed by atoms with Crippen molar-refractivity contribution in [1.29, 1.82) is 0 Å². The molecule has 0 spiro atoms. The third-order valence-electron chi connectivity index (χ3n) is 7.97. The monoisotopic (exact) mass is 536 g/mol. The van der Waals surface area contributed by atoms with Gasteiger partial charge in [-0.1, -0.05) is 43.5 Å². The number of aromatic nitrogens is 3. The molecule has 1 aliphatic carbocycles. The van der Waals surface area contributed by atoms with Crippen molar-refractivity contribution >= 4 is 28.3 Å². The molecule has 0 radical (unpaired) electrons. The van der Waals surface area contributed by atoms with E-state index in [1.807, 2.05) is 49.4 Å². The first-order valence-electron chi connectivity index (χ1n) is 14.4. The van der Waals surface area contributed by atoms with E-state index in [1.54, 1.807) is 12.4 Å². The first kappa shape index (κ1) is 26.2. The Morgan fingerprint density at radius 1 is 0.925 bits per heavy atom. The molecule has 3 N–H and O–H groups in total. The first-order valence-corrected chi connectivity index (χ1v) is 14.4. The Labute approximate surface area is 235 Å². The summed E-state index contributed by atoms with van der Waals surface area (Å²) in [6, 6.07) is 16.1. The number of ether oxygens (including phenoxy) is 1. The van der Waals surface area contributed by atoms with E-state index in [0.717, 1.165) is 84.9 Å². The standard InChI is InChI=1S/C32H36N6O2/c1-21-14-15-24-25(11-5-13-27(24)37-30(39)22-8-3-2-4-9-22)29(21)40-31-26(12-7-18-34-31)28-16-19-35-32(38-28)36-23-10-6-17-33-20-23/h5,7,11-16,18-19,22-23,33H,2-4,6,8-10,17,20H2,1H3,(H,37,39)(H,35,36,38)/t23-/m0/s1. The highest BCUT2D eigenvalue weighted by Gasteiger charge is 2.22. The largest absolute Gasteiger partial charge is 0.437 e. The third-order valence-corrected chi connectivity index (χ3v) is 7.97. The molecule has 0 unspecified atom stereocenters. The van der Waals surface area contributed by atoms with Gasteiger partial charge in [0.1, 0.15) is 5.75 Å². The molecule has 2 aromatic heterocycles. The van der Waals surface area contributed by atoms with Gasteiger partial charge in [-0.25, -0.2) is 15.0 Å². The van der Waals surface area contributed by atoms with E-state index in [-0.39, 0.29) is 11.8 Å². The van der Waals surface area contributed by atoms with Gasteiger partial charge in [0.25, 0.3) is 0 Å². The molecule has 206 valence electrons. The highest BCUT2D eigenvalue weighted by molar-refractivity contribution is 6.05. The van der Waals surface area contributed by atoms with Gasteiger partial charge < -0.3 is 20.7 Å². The van der Waals surface area contributed by atoms with Crippen molar-refractivity contribution in [2.75, 3.05) is 23.7 Å². The van der Waals surface area contributed by atoms with Crippen molar-refractivity contribution in [1.82, 2.24) is 20.3 Å². The fourth-order valence-corrected chi connectivity index (χ4v) is 5.78. The molecule has 1 saturated heterocycles. The highest BCUT2D eigenvalue weighted by atomic mass is 16.5. The fourth-order valence-electron chi connectivity index (χ4n) is 5.78. The number of hydrogen-bond donors (Lipinski definition) is 3. The van der Waals surface area contributed by atoms with E-state index >= 15 is 0 Å². The topological polar surface area (TPSA) is 101 Å². The smallest absolute Gasteiger partial charge is 0.228 e. The minimum atomic E-state index is 0.0860. The van der Waals surface area contributed by atoms with Gasteiger partial charge in [0.15, 0.2) is 0 Å². The number of aryl methyl sites for hydroxylation is 1. The van der Waals surface area contributed by atoms with Crippen molar-refractivity contribution in [2.24, 2.45) is 5.92 Å². The number of nitrogens with one attached hydrogen (secondary N) is 3. The van der Waals surface area contributed by atoms with Crippen LogP contribution in [-0.2, 0) is 4.79 Å². The van der Waals surface area contributed by atoms with Gasteiger partial charge >= 0.3 is 0 Å². The number of carbonyl (C=O) groups is 1. The van der Waals surface area contributed by atoms with Crippen LogP contribution in [0.4, 0.5) is 11.6 Å². The van der Waals surface area contributed by atoms with Crippen molar-refractivity contribution < 1.29 is 9.53 Å². The Morgan fingerprint density at radius 3 is 2.67 bits per heavy atom. The molecular weight excluding hydrogens is 500 g/mol. The summed E-state index contributed by atoms with van der Waals surface area (Å²) in [4.78, 5) is 26.9. The zero-order chi connectivity index (χ0) is 27.3. The predicted molar refractivity (Wildman–Crippen MR) is 159 cm³/mol. The minimum Gasteiger partial charge on any atom is -0.437 e. The van der Waals surface area contributed by atoms with E-state index in [9.17, 15) is 4.79 Å². The molecular formula is C32H36N6O2. The summed E-state index contributed by atoms with van der Waals surface area (Å²) in [6.07, 6.45) is 11.1. The maximum absolute atomic E-state index is 13.0. The summed E-state index contributed by atoms with van der Waals surface area (Å²) in [5.74, 6) is 1.98. The summed E-state index contributed by atoms with van der Waals surface area (Å²) in [5.41, 5.74) is 3.31. The Morgan fingerprint density at radius 2 is 1.82 bits per heavy atom. The number of amides is 1. The number of piperidine rings is 1. The zero-order valence-corrected chi connectivity index (χ0v) is 23.0. The normalized spacial score (nSPS) is 17.9. The van der Waals surface area contributed by atoms with Crippen LogP contribution >= 0.6 is 0 Å². The SMILES string of the molecule is Cc1ccc2c(NC(=O)C3CCCCC3)cccc2c1Oc1ncccc1-c1ccnc(N[C@H]2CCCNC2)n1. The lowest BCUT2D eigenvalue weighted by atomic mass is 9.88. The quantitative estimate of drug-likeness (QED) is 0.249. The summed E-state index contributed by atoms with van der Waals surface area (Å²) >= 11 is 0. The summed E-state index contributed by atoms with van der Waals surface area (Å²) in [5, 5.41) is 11.9. The number of carbonyl (C=O) groups excluding carboxylic acids is 1. The second-order valence-electron chi connectivity index (χ2n) is 10.8. The number of fused-ring (bicyclic) bond motifs is 1. The number of rotatable bonds is 7. The molecule has 2 aromatic carbocycles. The lowest BCUT2D eigenvalue weighted by Crippen LogP contribution is -2.38. The van der Waals surface area contributed by atoms with Gasteiger partial charge in [0.2, 0.25) is 17.7 Å². The lowest BCUT2D eigenvalue weighted by molar-refractivity contribution is -0.120. The number of pyridine rings is 1. The molecule has 2 fully saturated rings. The Bertz CT molecular complexity index is 1490. The van der Waals surface area contributed by atoms with Crippen LogP contribution in [-0.4, -0.2) is 40.0 Å². The molecule has 0 bridgehead atoms. The molecule has 8 nitrogen and oxygen atoms in total. The van der Waals surface area contributed by atoms with Gasteiger partial charge in [-0.2, -0.15) is 0 Å². The van der Waals surface area contributed by atoms with Crippen molar-refractivity contribution in [3.8, 4) is 22.9 Å². The third kappa shape index (κ3) is 5.77. The van der Waals surface area contributed by atoms with Crippen LogP contribution < -0.4 is 20.7 Å². The zero-order valence-electron chi connectivity index (χ0n) is 23.0. The van der Waals surface area contributed by atoms with E-state index in [4.69, 9.17) is 9.72 Å². The van der Waals surface area contributed by atoms with Crippen LogP contribution in [0.1, 0.15) is 50.5 Å². The molecule has 1 aliphatic heterocycles. The molecule has 6 rings (SSSR count). The van der Waals surface area contributed by atoms with Crippen LogP contribution in [0.15, 0.2) is 60.9 Å². The number of hydrogen-bond acceptors (Lipinski definition) is 7. The Hall–Kier alpha value is -4.04. The number of benzene rings is 2. The lowest BCUT2D eigenvalue weighted by Gasteiger charge is -2.23. The van der Waals surface area contributed by atoms with Gasteiger partial charge in [-0.05, 0) is 69.0 Å².